The van der Waals surface area contributed by atoms with Gasteiger partial charge in [0, 0.05) is 5.88 Å². The summed E-state index contributed by atoms with van der Waals surface area (Å²) in [5.74, 6) is 0.483. The van der Waals surface area contributed by atoms with Gasteiger partial charge in [-0.1, -0.05) is 18.2 Å². The molecule has 0 aliphatic heterocycles. The molecule has 0 amide bonds. The van der Waals surface area contributed by atoms with E-state index < -0.39 is 0 Å². The lowest BCUT2D eigenvalue weighted by molar-refractivity contribution is -0.139. The number of carbonyl (C=O) groups excluding carboxylic acids is 1. The van der Waals surface area contributed by atoms with Crippen LogP contribution in [0.3, 0.4) is 0 Å². The third-order valence-corrected chi connectivity index (χ3v) is 2.83. The number of alkyl halides is 1. The van der Waals surface area contributed by atoms with Crippen molar-refractivity contribution in [3.05, 3.63) is 34.9 Å². The van der Waals surface area contributed by atoms with Crippen LogP contribution >= 0.6 is 11.6 Å². The van der Waals surface area contributed by atoms with Gasteiger partial charge in [0.05, 0.1) is 13.5 Å². The van der Waals surface area contributed by atoms with Crippen molar-refractivity contribution in [3.63, 3.8) is 0 Å². The predicted molar refractivity (Wildman–Crippen MR) is 65.9 cm³/mol. The van der Waals surface area contributed by atoms with Gasteiger partial charge < -0.3 is 4.74 Å². The molecular weight excluding hydrogens is 224 g/mol. The van der Waals surface area contributed by atoms with Crippen LogP contribution in [-0.2, 0) is 22.4 Å². The van der Waals surface area contributed by atoms with E-state index in [9.17, 15) is 4.79 Å². The van der Waals surface area contributed by atoms with Gasteiger partial charge in [-0.25, -0.2) is 0 Å². The number of hydrogen-bond acceptors (Lipinski definition) is 2. The summed E-state index contributed by atoms with van der Waals surface area (Å²) in [5, 5.41) is 0. The first-order valence-electron chi connectivity index (χ1n) is 5.38. The van der Waals surface area contributed by atoms with Gasteiger partial charge in [-0.3, -0.25) is 4.79 Å². The van der Waals surface area contributed by atoms with E-state index in [2.05, 4.69) is 17.7 Å². The number of carbonyl (C=O) groups is 1. The molecule has 0 fully saturated rings. The van der Waals surface area contributed by atoms with E-state index in [1.165, 1.54) is 18.2 Å². The van der Waals surface area contributed by atoms with Crippen LogP contribution in [0, 0.1) is 6.92 Å². The van der Waals surface area contributed by atoms with Crippen molar-refractivity contribution >= 4 is 17.6 Å². The monoisotopic (exact) mass is 240 g/mol. The molecule has 0 aliphatic rings. The highest BCUT2D eigenvalue weighted by molar-refractivity contribution is 6.17. The minimum Gasteiger partial charge on any atom is -0.469 e. The Kier molecular flexibility index (Phi) is 5.33. The van der Waals surface area contributed by atoms with Crippen LogP contribution in [-0.4, -0.2) is 19.0 Å². The van der Waals surface area contributed by atoms with Crippen molar-refractivity contribution in [3.8, 4) is 0 Å². The van der Waals surface area contributed by atoms with Crippen molar-refractivity contribution < 1.29 is 9.53 Å². The number of methoxy groups -OCH3 is 1. The van der Waals surface area contributed by atoms with Crippen LogP contribution in [0.2, 0.25) is 0 Å². The molecule has 0 saturated carbocycles. The Morgan fingerprint density at radius 2 is 2.19 bits per heavy atom. The minimum atomic E-state index is -0.201. The van der Waals surface area contributed by atoms with Gasteiger partial charge >= 0.3 is 5.97 Å². The minimum absolute atomic E-state index is 0.201. The van der Waals surface area contributed by atoms with Crippen LogP contribution in [0.5, 0.6) is 0 Å². The molecule has 0 radical (unpaired) electrons. The predicted octanol–water partition coefficient (Wildman–Crippen LogP) is 2.88. The average molecular weight is 241 g/mol. The lowest BCUT2D eigenvalue weighted by atomic mass is 10.0. The van der Waals surface area contributed by atoms with Gasteiger partial charge in [0.15, 0.2) is 0 Å². The number of hydrogen-bond donors (Lipinski definition) is 0. The van der Waals surface area contributed by atoms with E-state index in [0.717, 1.165) is 18.4 Å². The highest BCUT2D eigenvalue weighted by atomic mass is 35.5. The van der Waals surface area contributed by atoms with Crippen molar-refractivity contribution in [1.82, 2.24) is 0 Å². The molecule has 0 atom stereocenters. The summed E-state index contributed by atoms with van der Waals surface area (Å²) < 4.78 is 4.63. The van der Waals surface area contributed by atoms with Crippen LogP contribution in [0.25, 0.3) is 0 Å². The largest absolute Gasteiger partial charge is 0.469 e. The van der Waals surface area contributed by atoms with Gasteiger partial charge in [-0.2, -0.15) is 0 Å². The zero-order valence-electron chi connectivity index (χ0n) is 9.75. The molecule has 3 heteroatoms. The Morgan fingerprint density at radius 3 is 2.75 bits per heavy atom. The smallest absolute Gasteiger partial charge is 0.309 e. The van der Waals surface area contributed by atoms with Crippen molar-refractivity contribution in [2.24, 2.45) is 0 Å². The average Bonchev–Trinajstić information content (AvgIpc) is 2.28. The second-order valence-corrected chi connectivity index (χ2v) is 4.18. The Bertz CT molecular complexity index is 361. The summed E-state index contributed by atoms with van der Waals surface area (Å²) in [4.78, 5) is 11.1. The topological polar surface area (TPSA) is 26.3 Å². The van der Waals surface area contributed by atoms with E-state index in [4.69, 9.17) is 11.6 Å². The van der Waals surface area contributed by atoms with Crippen LogP contribution in [0.4, 0.5) is 0 Å². The van der Waals surface area contributed by atoms with Gasteiger partial charge in [-0.05, 0) is 36.5 Å². The van der Waals surface area contributed by atoms with Crippen LogP contribution in [0.15, 0.2) is 18.2 Å². The van der Waals surface area contributed by atoms with Crippen molar-refractivity contribution in [1.29, 1.82) is 0 Å². The summed E-state index contributed by atoms with van der Waals surface area (Å²) in [6, 6.07) is 6.09. The van der Waals surface area contributed by atoms with Crippen LogP contribution < -0.4 is 0 Å². The number of benzene rings is 1. The standard InChI is InChI=1S/C13H17ClO2/c1-10-8-11(9-13(15)16-2)5-6-12(10)4-3-7-14/h5-6,8H,3-4,7,9H2,1-2H3. The molecule has 0 bridgehead atoms. The Morgan fingerprint density at radius 1 is 1.44 bits per heavy atom. The zero-order valence-corrected chi connectivity index (χ0v) is 10.5. The molecule has 0 saturated heterocycles. The van der Waals surface area contributed by atoms with Crippen molar-refractivity contribution in [2.45, 2.75) is 26.2 Å². The van der Waals surface area contributed by atoms with E-state index in [1.807, 2.05) is 12.1 Å². The third kappa shape index (κ3) is 3.86. The molecule has 0 unspecified atom stereocenters. The number of aryl methyl sites for hydroxylation is 2. The lowest BCUT2D eigenvalue weighted by Gasteiger charge is -2.07. The molecule has 88 valence electrons. The number of rotatable bonds is 5. The molecule has 0 spiro atoms. The summed E-state index contributed by atoms with van der Waals surface area (Å²) >= 11 is 5.66. The van der Waals surface area contributed by atoms with Crippen LogP contribution in [0.1, 0.15) is 23.1 Å². The normalized spacial score (nSPS) is 10.2. The quantitative estimate of drug-likeness (QED) is 0.584. The fourth-order valence-corrected chi connectivity index (χ4v) is 1.78. The molecule has 1 aromatic carbocycles. The Hall–Kier alpha value is -1.02. The fourth-order valence-electron chi connectivity index (χ4n) is 1.64. The maximum absolute atomic E-state index is 11.1. The van der Waals surface area contributed by atoms with Gasteiger partial charge in [-0.15, -0.1) is 11.6 Å². The number of ether oxygens (including phenoxy) is 1. The Balaban J connectivity index is 2.70. The maximum atomic E-state index is 11.1. The second kappa shape index (κ2) is 6.54. The molecule has 16 heavy (non-hydrogen) atoms. The highest BCUT2D eigenvalue weighted by Crippen LogP contribution is 2.14. The first-order valence-corrected chi connectivity index (χ1v) is 5.92. The lowest BCUT2D eigenvalue weighted by Crippen LogP contribution is -2.05. The molecule has 0 heterocycles. The first kappa shape index (κ1) is 13.0. The molecule has 0 N–H and O–H groups in total. The Labute approximate surface area is 102 Å². The SMILES string of the molecule is COC(=O)Cc1ccc(CCCCl)c(C)c1. The number of esters is 1. The van der Waals surface area contributed by atoms with E-state index in [0.29, 0.717) is 12.3 Å². The molecular formula is C13H17ClO2. The van der Waals surface area contributed by atoms with Gasteiger partial charge in [0.1, 0.15) is 0 Å². The third-order valence-electron chi connectivity index (χ3n) is 2.56. The van der Waals surface area contributed by atoms with E-state index in [-0.39, 0.29) is 5.97 Å². The summed E-state index contributed by atoms with van der Waals surface area (Å²) in [7, 11) is 1.41. The molecule has 1 aromatic rings. The molecule has 0 aliphatic carbocycles. The van der Waals surface area contributed by atoms with E-state index >= 15 is 0 Å². The second-order valence-electron chi connectivity index (χ2n) is 3.81. The summed E-state index contributed by atoms with van der Waals surface area (Å²) in [6.45, 7) is 2.06. The van der Waals surface area contributed by atoms with Crippen molar-refractivity contribution in [2.75, 3.05) is 13.0 Å². The molecule has 2 nitrogen and oxygen atoms in total. The summed E-state index contributed by atoms with van der Waals surface area (Å²) in [6.07, 6.45) is 2.32. The number of halogens is 1. The fraction of sp³-hybridized carbons (Fsp3) is 0.462. The van der Waals surface area contributed by atoms with E-state index in [1.54, 1.807) is 0 Å². The highest BCUT2D eigenvalue weighted by Gasteiger charge is 2.05. The first-order chi connectivity index (χ1) is 7.67. The molecule has 0 aromatic heterocycles. The van der Waals surface area contributed by atoms with Gasteiger partial charge in [0.2, 0.25) is 0 Å². The zero-order chi connectivity index (χ0) is 12.0. The van der Waals surface area contributed by atoms with Gasteiger partial charge in [0.25, 0.3) is 0 Å². The summed E-state index contributed by atoms with van der Waals surface area (Å²) in [5.41, 5.74) is 3.51. The molecule has 1 rings (SSSR count). The maximum Gasteiger partial charge on any atom is 0.309 e.